The van der Waals surface area contributed by atoms with E-state index in [0.29, 0.717) is 13.2 Å². The predicted molar refractivity (Wildman–Crippen MR) is 111 cm³/mol. The lowest BCUT2D eigenvalue weighted by molar-refractivity contribution is -0.396. The van der Waals surface area contributed by atoms with Crippen LogP contribution in [0, 0.1) is 0 Å². The summed E-state index contributed by atoms with van der Waals surface area (Å²) in [6.45, 7) is 9.92. The Morgan fingerprint density at radius 2 is 2.11 bits per heavy atom. The van der Waals surface area contributed by atoms with Gasteiger partial charge < -0.3 is 14.4 Å². The number of rotatable bonds is 4. The van der Waals surface area contributed by atoms with Crippen LogP contribution in [0.2, 0.25) is 0 Å². The summed E-state index contributed by atoms with van der Waals surface area (Å²) in [5.74, 6) is 1.92. The van der Waals surface area contributed by atoms with Gasteiger partial charge >= 0.3 is 5.88 Å². The maximum absolute atomic E-state index is 6.19. The zero-order valence-corrected chi connectivity index (χ0v) is 17.6. The standard InChI is InChI=1S/C21H26N4O2S/c1-4-9-26-19-17-16(22-12-23-19)15-13-10-21(2,3)27-11-14(13)18(24-20(15)28-17)25-7-5-6-8-25/h12H,4-11H2,1-3H3/p+1. The van der Waals surface area contributed by atoms with Gasteiger partial charge in [-0.3, -0.25) is 0 Å². The highest BCUT2D eigenvalue weighted by Crippen LogP contribution is 2.44. The third-order valence-electron chi connectivity index (χ3n) is 5.67. The molecule has 1 N–H and O–H groups in total. The Bertz CT molecular complexity index is 1040. The summed E-state index contributed by atoms with van der Waals surface area (Å²) in [5, 5.41) is 1.18. The first-order valence-electron chi connectivity index (χ1n) is 10.2. The second-order valence-corrected chi connectivity index (χ2v) is 9.35. The monoisotopic (exact) mass is 399 g/mol. The number of aromatic nitrogens is 3. The Balaban J connectivity index is 1.77. The van der Waals surface area contributed by atoms with E-state index in [-0.39, 0.29) is 5.60 Å². The molecule has 2 aliphatic heterocycles. The first kappa shape index (κ1) is 18.1. The molecule has 6 nitrogen and oxygen atoms in total. The van der Waals surface area contributed by atoms with Gasteiger partial charge in [-0.1, -0.05) is 6.92 Å². The molecule has 3 aromatic heterocycles. The molecule has 148 valence electrons. The Labute approximate surface area is 168 Å². The summed E-state index contributed by atoms with van der Waals surface area (Å²) in [6.07, 6.45) is 6.06. The quantitative estimate of drug-likeness (QED) is 0.666. The van der Waals surface area contributed by atoms with Gasteiger partial charge in [0, 0.05) is 25.1 Å². The van der Waals surface area contributed by atoms with Crippen LogP contribution >= 0.6 is 11.3 Å². The molecule has 0 atom stereocenters. The number of anilines is 1. The molecule has 1 saturated heterocycles. The maximum Gasteiger partial charge on any atom is 0.304 e. The van der Waals surface area contributed by atoms with Crippen LogP contribution in [0.15, 0.2) is 6.33 Å². The van der Waals surface area contributed by atoms with Crippen molar-refractivity contribution >= 4 is 37.6 Å². The lowest BCUT2D eigenvalue weighted by Crippen LogP contribution is -2.33. The molecule has 0 radical (unpaired) electrons. The molecule has 3 aromatic rings. The topological polar surface area (TPSA) is 61.6 Å². The van der Waals surface area contributed by atoms with E-state index in [4.69, 9.17) is 19.4 Å². The third kappa shape index (κ3) is 2.92. The molecule has 0 saturated carbocycles. The normalized spacial score (nSPS) is 18.8. The SMILES string of the molecule is CCCOc1[nH+]cnc2c1sc1nc(N3CCCC3)c3c(c12)CC(C)(C)OC3. The first-order valence-corrected chi connectivity index (χ1v) is 11.1. The fourth-order valence-electron chi connectivity index (χ4n) is 4.30. The van der Waals surface area contributed by atoms with Crippen molar-refractivity contribution in [3.63, 3.8) is 0 Å². The highest BCUT2D eigenvalue weighted by Gasteiger charge is 2.34. The molecule has 0 bridgehead atoms. The van der Waals surface area contributed by atoms with E-state index in [9.17, 15) is 0 Å². The molecule has 1 fully saturated rings. The number of nitrogens with zero attached hydrogens (tertiary/aromatic N) is 3. The molecular formula is C21H27N4O2S+. The second kappa shape index (κ2) is 6.81. The first-order chi connectivity index (χ1) is 13.6. The maximum atomic E-state index is 6.19. The molecule has 28 heavy (non-hydrogen) atoms. The number of hydrogen-bond donors (Lipinski definition) is 0. The van der Waals surface area contributed by atoms with Crippen LogP contribution in [0.3, 0.4) is 0 Å². The smallest absolute Gasteiger partial charge is 0.304 e. The van der Waals surface area contributed by atoms with Crippen molar-refractivity contribution < 1.29 is 14.5 Å². The van der Waals surface area contributed by atoms with Crippen molar-refractivity contribution in [2.75, 3.05) is 24.6 Å². The van der Waals surface area contributed by atoms with Crippen LogP contribution in [0.25, 0.3) is 20.4 Å². The van der Waals surface area contributed by atoms with Crippen molar-refractivity contribution in [3.05, 3.63) is 17.5 Å². The fourth-order valence-corrected chi connectivity index (χ4v) is 5.41. The minimum absolute atomic E-state index is 0.180. The molecule has 0 unspecified atom stereocenters. The van der Waals surface area contributed by atoms with Gasteiger partial charge in [0.2, 0.25) is 5.52 Å². The van der Waals surface area contributed by atoms with Gasteiger partial charge in [0.25, 0.3) is 6.33 Å². The molecule has 2 aliphatic rings. The van der Waals surface area contributed by atoms with Gasteiger partial charge in [-0.15, -0.1) is 11.3 Å². The Hall–Kier alpha value is -1.99. The van der Waals surface area contributed by atoms with Crippen LogP contribution in [-0.4, -0.2) is 35.3 Å². The molecule has 0 aromatic carbocycles. The highest BCUT2D eigenvalue weighted by atomic mass is 32.1. The lowest BCUT2D eigenvalue weighted by Gasteiger charge is -2.34. The van der Waals surface area contributed by atoms with E-state index in [1.54, 1.807) is 17.7 Å². The molecule has 5 heterocycles. The van der Waals surface area contributed by atoms with Gasteiger partial charge in [-0.05, 0) is 43.7 Å². The third-order valence-corrected chi connectivity index (χ3v) is 6.74. The highest BCUT2D eigenvalue weighted by molar-refractivity contribution is 7.25. The van der Waals surface area contributed by atoms with Crippen LogP contribution in [0.5, 0.6) is 5.88 Å². The van der Waals surface area contributed by atoms with Crippen molar-refractivity contribution in [2.45, 2.75) is 58.7 Å². The number of nitrogens with one attached hydrogen (secondary N) is 1. The summed E-state index contributed by atoms with van der Waals surface area (Å²) in [6, 6.07) is 0. The number of pyridine rings is 1. The van der Waals surface area contributed by atoms with Gasteiger partial charge in [0.05, 0.1) is 24.2 Å². The van der Waals surface area contributed by atoms with Crippen molar-refractivity contribution in [2.24, 2.45) is 0 Å². The number of ether oxygens (including phenoxy) is 2. The van der Waals surface area contributed by atoms with E-state index >= 15 is 0 Å². The molecule has 0 spiro atoms. The summed E-state index contributed by atoms with van der Waals surface area (Å²) >= 11 is 1.69. The number of hydrogen-bond acceptors (Lipinski definition) is 6. The minimum Gasteiger partial charge on any atom is -0.461 e. The van der Waals surface area contributed by atoms with Crippen molar-refractivity contribution in [1.29, 1.82) is 0 Å². The van der Waals surface area contributed by atoms with Gasteiger partial charge in [-0.2, -0.15) is 0 Å². The second-order valence-electron chi connectivity index (χ2n) is 8.35. The van der Waals surface area contributed by atoms with Crippen molar-refractivity contribution in [3.8, 4) is 5.88 Å². The summed E-state index contributed by atoms with van der Waals surface area (Å²) < 4.78 is 13.2. The van der Waals surface area contributed by atoms with Gasteiger partial charge in [0.15, 0.2) is 4.70 Å². The predicted octanol–water partition coefficient (Wildman–Crippen LogP) is 3.90. The molecule has 7 heteroatoms. The fraction of sp³-hybridized carbons (Fsp3) is 0.571. The van der Waals surface area contributed by atoms with Crippen molar-refractivity contribution in [1.82, 2.24) is 9.97 Å². The van der Waals surface area contributed by atoms with E-state index < -0.39 is 0 Å². The number of H-pyrrole nitrogens is 1. The van der Waals surface area contributed by atoms with Crippen LogP contribution < -0.4 is 14.6 Å². The lowest BCUT2D eigenvalue weighted by atomic mass is 9.90. The van der Waals surface area contributed by atoms with Gasteiger partial charge in [0.1, 0.15) is 10.6 Å². The molecule has 5 rings (SSSR count). The largest absolute Gasteiger partial charge is 0.461 e. The summed E-state index contributed by atoms with van der Waals surface area (Å²) in [7, 11) is 0. The summed E-state index contributed by atoms with van der Waals surface area (Å²) in [4.78, 5) is 16.5. The number of aromatic amines is 1. The van der Waals surface area contributed by atoms with Gasteiger partial charge in [-0.25, -0.2) is 9.97 Å². The molecule has 0 amide bonds. The Morgan fingerprint density at radius 3 is 2.89 bits per heavy atom. The molecular weight excluding hydrogens is 372 g/mol. The Kier molecular flexibility index (Phi) is 4.39. The summed E-state index contributed by atoms with van der Waals surface area (Å²) in [5.41, 5.74) is 3.42. The Morgan fingerprint density at radius 1 is 1.29 bits per heavy atom. The number of thiophene rings is 1. The number of fused-ring (bicyclic) bond motifs is 5. The molecule has 0 aliphatic carbocycles. The average molecular weight is 400 g/mol. The van der Waals surface area contributed by atoms with Crippen LogP contribution in [-0.2, 0) is 17.8 Å². The zero-order valence-electron chi connectivity index (χ0n) is 16.8. The van der Waals surface area contributed by atoms with Crippen LogP contribution in [0.1, 0.15) is 51.2 Å². The van der Waals surface area contributed by atoms with E-state index in [1.807, 2.05) is 0 Å². The van der Waals surface area contributed by atoms with E-state index in [0.717, 1.165) is 52.7 Å². The minimum atomic E-state index is -0.180. The van der Waals surface area contributed by atoms with E-state index in [1.165, 1.54) is 29.4 Å². The van der Waals surface area contributed by atoms with Crippen LogP contribution in [0.4, 0.5) is 5.82 Å². The van der Waals surface area contributed by atoms with E-state index in [2.05, 4.69) is 30.7 Å². The average Bonchev–Trinajstić information content (AvgIpc) is 3.32. The zero-order chi connectivity index (χ0) is 19.3.